The van der Waals surface area contributed by atoms with E-state index in [0.29, 0.717) is 12.4 Å². The molecule has 6 aromatic rings. The van der Waals surface area contributed by atoms with Crippen molar-refractivity contribution in [3.05, 3.63) is 109 Å². The Morgan fingerprint density at radius 3 is 2.79 bits per heavy atom. The molecule has 0 radical (unpaired) electrons. The van der Waals surface area contributed by atoms with Gasteiger partial charge in [-0.05, 0) is 48.0 Å². The zero-order valence-electron chi connectivity index (χ0n) is 17.8. The molecule has 160 valence electrons. The molecule has 2 N–H and O–H groups in total. The van der Waals surface area contributed by atoms with Crippen LogP contribution in [-0.2, 0) is 0 Å². The molecule has 1 unspecified atom stereocenters. The van der Waals surface area contributed by atoms with E-state index in [-0.39, 0.29) is 5.92 Å². The summed E-state index contributed by atoms with van der Waals surface area (Å²) in [6.07, 6.45) is 11.4. The predicted octanol–water partition coefficient (Wildman–Crippen LogP) is 4.91. The van der Waals surface area contributed by atoms with E-state index in [0.717, 1.165) is 39.2 Å². The number of nitrogens with one attached hydrogen (secondary N) is 2. The Labute approximate surface area is 190 Å². The molecule has 0 spiro atoms. The van der Waals surface area contributed by atoms with E-state index in [9.17, 15) is 0 Å². The third-order valence-electron chi connectivity index (χ3n) is 5.81. The van der Waals surface area contributed by atoms with Crippen LogP contribution in [0.2, 0.25) is 0 Å². The van der Waals surface area contributed by atoms with Crippen LogP contribution < -0.4 is 5.32 Å². The number of rotatable bonds is 6. The minimum atomic E-state index is 0.105. The maximum Gasteiger partial charge on any atom is 0.163 e. The van der Waals surface area contributed by atoms with Gasteiger partial charge in [0.05, 0.1) is 5.52 Å². The van der Waals surface area contributed by atoms with Crippen LogP contribution in [0.3, 0.4) is 0 Å². The minimum Gasteiger partial charge on any atom is -0.368 e. The summed E-state index contributed by atoms with van der Waals surface area (Å²) in [5.74, 6) is 1.58. The van der Waals surface area contributed by atoms with Gasteiger partial charge in [0, 0.05) is 66.3 Å². The summed E-state index contributed by atoms with van der Waals surface area (Å²) in [4.78, 5) is 21.8. The molecule has 5 aromatic heterocycles. The molecule has 33 heavy (non-hydrogen) atoms. The van der Waals surface area contributed by atoms with Gasteiger partial charge in [-0.1, -0.05) is 18.2 Å². The number of fused-ring (bicyclic) bond motifs is 2. The molecule has 5 heterocycles. The summed E-state index contributed by atoms with van der Waals surface area (Å²) in [6.45, 7) is 0.660. The second kappa shape index (κ2) is 8.20. The number of nitrogens with zero attached hydrogens (tertiary/aromatic N) is 5. The number of pyridine rings is 2. The number of aromatic nitrogens is 6. The van der Waals surface area contributed by atoms with Crippen LogP contribution in [0.15, 0.2) is 97.8 Å². The van der Waals surface area contributed by atoms with Crippen LogP contribution in [0, 0.1) is 0 Å². The minimum absolute atomic E-state index is 0.105. The van der Waals surface area contributed by atoms with Crippen LogP contribution in [0.4, 0.5) is 5.82 Å². The summed E-state index contributed by atoms with van der Waals surface area (Å²) in [6, 6.07) is 20.3. The van der Waals surface area contributed by atoms with Gasteiger partial charge in [-0.3, -0.25) is 4.98 Å². The molecule has 7 nitrogen and oxygen atoms in total. The molecule has 6 rings (SSSR count). The first-order valence-corrected chi connectivity index (χ1v) is 10.8. The molecule has 1 aromatic carbocycles. The fraction of sp³-hybridized carbons (Fsp3) is 0.0769. The molecule has 0 saturated heterocycles. The van der Waals surface area contributed by atoms with Crippen molar-refractivity contribution < 1.29 is 0 Å². The van der Waals surface area contributed by atoms with Crippen LogP contribution >= 0.6 is 0 Å². The van der Waals surface area contributed by atoms with E-state index in [4.69, 9.17) is 9.97 Å². The molecule has 0 amide bonds. The number of anilines is 1. The van der Waals surface area contributed by atoms with Crippen molar-refractivity contribution >= 4 is 22.4 Å². The van der Waals surface area contributed by atoms with Crippen molar-refractivity contribution in [1.82, 2.24) is 29.3 Å². The first-order valence-electron chi connectivity index (χ1n) is 10.8. The summed E-state index contributed by atoms with van der Waals surface area (Å²) in [5, 5.41) is 4.59. The number of H-pyrrole nitrogens is 1. The normalized spacial score (nSPS) is 12.2. The monoisotopic (exact) mass is 431 g/mol. The van der Waals surface area contributed by atoms with Gasteiger partial charge in [-0.25, -0.2) is 15.0 Å². The number of imidazole rings is 1. The molecule has 0 saturated carbocycles. The van der Waals surface area contributed by atoms with Crippen molar-refractivity contribution in [3.63, 3.8) is 0 Å². The maximum absolute atomic E-state index is 4.93. The van der Waals surface area contributed by atoms with Crippen molar-refractivity contribution in [2.75, 3.05) is 11.9 Å². The topological polar surface area (TPSA) is 83.8 Å². The Hall–Kier alpha value is -4.52. The lowest BCUT2D eigenvalue weighted by Crippen LogP contribution is -2.16. The zero-order chi connectivity index (χ0) is 22.0. The molecule has 0 aliphatic carbocycles. The average molecular weight is 432 g/mol. The fourth-order valence-electron chi connectivity index (χ4n) is 4.14. The van der Waals surface area contributed by atoms with E-state index >= 15 is 0 Å². The van der Waals surface area contributed by atoms with Gasteiger partial charge in [-0.15, -0.1) is 0 Å². The summed E-state index contributed by atoms with van der Waals surface area (Å²) < 4.78 is 1.98. The maximum atomic E-state index is 4.93. The van der Waals surface area contributed by atoms with E-state index in [1.165, 1.54) is 0 Å². The number of para-hydroxylation sites is 1. The van der Waals surface area contributed by atoms with Gasteiger partial charge >= 0.3 is 0 Å². The van der Waals surface area contributed by atoms with Gasteiger partial charge in [-0.2, -0.15) is 0 Å². The predicted molar refractivity (Wildman–Crippen MR) is 129 cm³/mol. The molecule has 7 heteroatoms. The highest BCUT2D eigenvalue weighted by atomic mass is 15.0. The Balaban J connectivity index is 1.39. The SMILES string of the molecule is c1cncc(C(CNc2nc(-c3ccc4nccn4c3)nc3ccccc23)c2ccc[nH]2)c1. The largest absolute Gasteiger partial charge is 0.368 e. The van der Waals surface area contributed by atoms with E-state index < -0.39 is 0 Å². The third kappa shape index (κ3) is 3.70. The van der Waals surface area contributed by atoms with Crippen molar-refractivity contribution in [2.45, 2.75) is 5.92 Å². The third-order valence-corrected chi connectivity index (χ3v) is 5.81. The quantitative estimate of drug-likeness (QED) is 0.391. The van der Waals surface area contributed by atoms with Gasteiger partial charge in [0.15, 0.2) is 5.82 Å². The average Bonchev–Trinajstić information content (AvgIpc) is 3.57. The highest BCUT2D eigenvalue weighted by Gasteiger charge is 2.17. The summed E-state index contributed by atoms with van der Waals surface area (Å²) >= 11 is 0. The van der Waals surface area contributed by atoms with Crippen molar-refractivity contribution in [2.24, 2.45) is 0 Å². The lowest BCUT2D eigenvalue weighted by Gasteiger charge is -2.18. The Bertz CT molecular complexity index is 1520. The molecule has 0 fully saturated rings. The van der Waals surface area contributed by atoms with E-state index in [1.54, 1.807) is 12.4 Å². The van der Waals surface area contributed by atoms with E-state index in [2.05, 4.69) is 32.4 Å². The lowest BCUT2D eigenvalue weighted by molar-refractivity contribution is 0.816. The lowest BCUT2D eigenvalue weighted by atomic mass is 9.97. The zero-order valence-corrected chi connectivity index (χ0v) is 17.8. The van der Waals surface area contributed by atoms with Crippen LogP contribution in [-0.4, -0.2) is 35.9 Å². The van der Waals surface area contributed by atoms with Crippen molar-refractivity contribution in [3.8, 4) is 11.4 Å². The Morgan fingerprint density at radius 2 is 1.91 bits per heavy atom. The van der Waals surface area contributed by atoms with Gasteiger partial charge in [0.2, 0.25) is 0 Å². The molecular formula is C26H21N7. The molecule has 0 bridgehead atoms. The smallest absolute Gasteiger partial charge is 0.163 e. The van der Waals surface area contributed by atoms with Gasteiger partial charge in [0.25, 0.3) is 0 Å². The highest BCUT2D eigenvalue weighted by molar-refractivity contribution is 5.90. The summed E-state index contributed by atoms with van der Waals surface area (Å²) in [7, 11) is 0. The molecule has 1 atom stereocenters. The Morgan fingerprint density at radius 1 is 0.939 bits per heavy atom. The molecule has 0 aliphatic rings. The van der Waals surface area contributed by atoms with Gasteiger partial charge < -0.3 is 14.7 Å². The second-order valence-corrected chi connectivity index (χ2v) is 7.87. The van der Waals surface area contributed by atoms with Crippen LogP contribution in [0.1, 0.15) is 17.2 Å². The summed E-state index contributed by atoms with van der Waals surface area (Å²) in [5.41, 5.74) is 4.98. The number of benzene rings is 1. The van der Waals surface area contributed by atoms with E-state index in [1.807, 2.05) is 77.7 Å². The number of hydrogen-bond acceptors (Lipinski definition) is 5. The Kier molecular flexibility index (Phi) is 4.77. The number of aromatic amines is 1. The van der Waals surface area contributed by atoms with Gasteiger partial charge in [0.1, 0.15) is 11.5 Å². The van der Waals surface area contributed by atoms with Crippen LogP contribution in [0.25, 0.3) is 27.9 Å². The molecular weight excluding hydrogens is 410 g/mol. The molecule has 0 aliphatic heterocycles. The standard InChI is InChI=1S/C26H21N7/c1-2-7-23-20(6-1)26(32-25(31-23)19-9-10-24-29-13-14-33(24)17-19)30-16-21(22-8-4-12-28-22)18-5-3-11-27-15-18/h1-15,17,21,28H,16H2,(H,30,31,32). The highest BCUT2D eigenvalue weighted by Crippen LogP contribution is 2.28. The van der Waals surface area contributed by atoms with Crippen molar-refractivity contribution in [1.29, 1.82) is 0 Å². The number of hydrogen-bond donors (Lipinski definition) is 2. The first kappa shape index (κ1) is 19.2. The second-order valence-electron chi connectivity index (χ2n) is 7.87. The fourth-order valence-corrected chi connectivity index (χ4v) is 4.14. The van der Waals surface area contributed by atoms with Crippen LogP contribution in [0.5, 0.6) is 0 Å². The first-order chi connectivity index (χ1) is 16.3.